The molecule has 1 aromatic heterocycles. The number of hydrogen-bond donors (Lipinski definition) is 3. The minimum atomic E-state index is -4.58. The molecule has 0 fully saturated rings. The molecule has 3 aromatic rings. The molecule has 112 valence electrons. The Labute approximate surface area is 130 Å². The van der Waals surface area contributed by atoms with Crippen molar-refractivity contribution in [3.05, 3.63) is 65.1 Å². The Balaban J connectivity index is 1.98. The molecule has 0 aliphatic heterocycles. The molecule has 0 unspecified atom stereocenters. The highest BCUT2D eigenvalue weighted by Gasteiger charge is 2.22. The average molecular weight is 333 g/mol. The first kappa shape index (κ1) is 15.1. The minimum absolute atomic E-state index is 0.515. The van der Waals surface area contributed by atoms with Gasteiger partial charge >= 0.3 is 7.60 Å². The molecule has 0 atom stereocenters. The third-order valence-electron chi connectivity index (χ3n) is 3.13. The maximum atomic E-state index is 11.5. The van der Waals surface area contributed by atoms with Crippen molar-refractivity contribution in [3.63, 3.8) is 0 Å². The first-order chi connectivity index (χ1) is 10.4. The summed E-state index contributed by atoms with van der Waals surface area (Å²) in [5.41, 5.74) is -0.767. The second kappa shape index (κ2) is 5.74. The van der Waals surface area contributed by atoms with Crippen molar-refractivity contribution in [1.29, 1.82) is 0 Å². The van der Waals surface area contributed by atoms with Crippen LogP contribution < -0.4 is 10.9 Å². The van der Waals surface area contributed by atoms with Gasteiger partial charge in [0.1, 0.15) is 5.30 Å². The van der Waals surface area contributed by atoms with Gasteiger partial charge in [0.25, 0.3) is 5.56 Å². The van der Waals surface area contributed by atoms with E-state index in [9.17, 15) is 19.1 Å². The zero-order chi connectivity index (χ0) is 15.7. The molecule has 1 heterocycles. The Morgan fingerprint density at radius 2 is 1.68 bits per heavy atom. The fourth-order valence-corrected chi connectivity index (χ4v) is 3.71. The number of nitrogens with one attached hydrogen (secondary N) is 1. The van der Waals surface area contributed by atoms with Crippen LogP contribution in [0.15, 0.2) is 69.3 Å². The molecule has 3 rings (SSSR count). The molecule has 0 spiro atoms. The molecule has 0 bridgehead atoms. The maximum absolute atomic E-state index is 11.5. The Hall–Kier alpha value is -1.85. The van der Waals surface area contributed by atoms with Gasteiger partial charge in [0, 0.05) is 16.0 Å². The third-order valence-corrected chi connectivity index (χ3v) is 5.05. The molecular weight excluding hydrogens is 321 g/mol. The number of aromatic nitrogens is 1. The summed E-state index contributed by atoms with van der Waals surface area (Å²) >= 11 is 1.33. The van der Waals surface area contributed by atoms with Crippen LogP contribution in [0.25, 0.3) is 10.8 Å². The minimum Gasteiger partial charge on any atom is -0.327 e. The van der Waals surface area contributed by atoms with E-state index in [-0.39, 0.29) is 0 Å². The summed E-state index contributed by atoms with van der Waals surface area (Å²) < 4.78 is 11.3. The summed E-state index contributed by atoms with van der Waals surface area (Å²) in [7, 11) is -4.58. The zero-order valence-corrected chi connectivity index (χ0v) is 13.0. The van der Waals surface area contributed by atoms with Crippen LogP contribution in [0.3, 0.4) is 0 Å². The van der Waals surface area contributed by atoms with Crippen molar-refractivity contribution in [1.82, 2.24) is 4.98 Å². The lowest BCUT2D eigenvalue weighted by atomic mass is 10.1. The molecule has 7 heteroatoms. The molecule has 2 aromatic carbocycles. The lowest BCUT2D eigenvalue weighted by molar-refractivity contribution is 0.387. The number of pyridine rings is 1. The largest absolute Gasteiger partial charge is 0.361 e. The van der Waals surface area contributed by atoms with Gasteiger partial charge in [-0.15, -0.1) is 0 Å². The number of rotatable bonds is 3. The first-order valence-corrected chi connectivity index (χ1v) is 8.82. The van der Waals surface area contributed by atoms with E-state index >= 15 is 0 Å². The van der Waals surface area contributed by atoms with Gasteiger partial charge in [0.05, 0.1) is 0 Å². The molecular formula is C15H12NO4PS. The molecule has 0 saturated heterocycles. The van der Waals surface area contributed by atoms with Crippen molar-refractivity contribution in [2.45, 2.75) is 9.79 Å². The van der Waals surface area contributed by atoms with E-state index in [1.165, 1.54) is 24.0 Å². The Morgan fingerprint density at radius 1 is 0.955 bits per heavy atom. The molecule has 0 aliphatic carbocycles. The van der Waals surface area contributed by atoms with Crippen molar-refractivity contribution in [2.24, 2.45) is 0 Å². The van der Waals surface area contributed by atoms with E-state index < -0.39 is 18.5 Å². The van der Waals surface area contributed by atoms with Gasteiger partial charge in [0.2, 0.25) is 0 Å². The van der Waals surface area contributed by atoms with Crippen LogP contribution in [0, 0.1) is 0 Å². The number of aromatic amines is 1. The summed E-state index contributed by atoms with van der Waals surface area (Å²) in [6, 6.07) is 15.0. The van der Waals surface area contributed by atoms with Gasteiger partial charge in [0.15, 0.2) is 0 Å². The van der Waals surface area contributed by atoms with Crippen LogP contribution in [-0.2, 0) is 4.57 Å². The van der Waals surface area contributed by atoms with E-state index in [0.29, 0.717) is 4.90 Å². The Kier molecular flexibility index (Phi) is 3.93. The van der Waals surface area contributed by atoms with E-state index in [1.54, 1.807) is 0 Å². The average Bonchev–Trinajstić information content (AvgIpc) is 2.48. The normalized spacial score (nSPS) is 11.7. The van der Waals surface area contributed by atoms with Gasteiger partial charge in [-0.2, -0.15) is 0 Å². The fourth-order valence-electron chi connectivity index (χ4n) is 2.09. The van der Waals surface area contributed by atoms with Crippen molar-refractivity contribution in [3.8, 4) is 0 Å². The standard InChI is InChI=1S/C15H12NO4PS/c17-15-14(21(18,19)20)8-13(9-16-15)22-12-6-5-10-3-1-2-4-11(10)7-12/h1-9H,(H,16,17)(H2,18,19,20). The molecule has 0 radical (unpaired) electrons. The predicted octanol–water partition coefficient (Wildman–Crippen LogP) is 2.48. The van der Waals surface area contributed by atoms with Crippen LogP contribution in [-0.4, -0.2) is 14.8 Å². The van der Waals surface area contributed by atoms with Gasteiger partial charge in [-0.1, -0.05) is 42.1 Å². The number of H-pyrrole nitrogens is 1. The van der Waals surface area contributed by atoms with Crippen molar-refractivity contribution >= 4 is 35.4 Å². The van der Waals surface area contributed by atoms with E-state index in [1.807, 2.05) is 42.5 Å². The molecule has 0 saturated carbocycles. The first-order valence-electron chi connectivity index (χ1n) is 6.39. The Bertz CT molecular complexity index is 947. The second-order valence-electron chi connectivity index (χ2n) is 4.70. The van der Waals surface area contributed by atoms with Crippen LogP contribution in [0.2, 0.25) is 0 Å². The lowest BCUT2D eigenvalue weighted by Crippen LogP contribution is -2.26. The van der Waals surface area contributed by atoms with Crippen LogP contribution >= 0.6 is 19.4 Å². The number of benzene rings is 2. The molecule has 22 heavy (non-hydrogen) atoms. The summed E-state index contributed by atoms with van der Waals surface area (Å²) in [4.78, 5) is 33.7. The highest BCUT2D eigenvalue weighted by atomic mass is 32.2. The number of hydrogen-bond acceptors (Lipinski definition) is 3. The predicted molar refractivity (Wildman–Crippen MR) is 86.8 cm³/mol. The Morgan fingerprint density at radius 3 is 2.41 bits per heavy atom. The van der Waals surface area contributed by atoms with E-state index in [2.05, 4.69) is 4.98 Å². The highest BCUT2D eigenvalue weighted by Crippen LogP contribution is 2.34. The van der Waals surface area contributed by atoms with Crippen molar-refractivity contribution < 1.29 is 14.4 Å². The summed E-state index contributed by atoms with van der Waals surface area (Å²) in [6.45, 7) is 0. The van der Waals surface area contributed by atoms with Gasteiger partial charge in [-0.05, 0) is 29.0 Å². The quantitative estimate of drug-likeness (QED) is 0.641. The zero-order valence-electron chi connectivity index (χ0n) is 11.3. The van der Waals surface area contributed by atoms with Gasteiger partial charge in [-0.3, -0.25) is 9.36 Å². The third kappa shape index (κ3) is 3.15. The van der Waals surface area contributed by atoms with Gasteiger partial charge < -0.3 is 14.8 Å². The fraction of sp³-hybridized carbons (Fsp3) is 0. The SMILES string of the molecule is O=c1[nH]cc(Sc2ccc3ccccc3c2)cc1P(=O)(O)O. The summed E-state index contributed by atoms with van der Waals surface area (Å²) in [5.74, 6) is 0. The molecule has 0 amide bonds. The topological polar surface area (TPSA) is 90.4 Å². The van der Waals surface area contributed by atoms with Crippen molar-refractivity contribution in [2.75, 3.05) is 0 Å². The van der Waals surface area contributed by atoms with Crippen LogP contribution in [0.1, 0.15) is 0 Å². The highest BCUT2D eigenvalue weighted by molar-refractivity contribution is 7.99. The molecule has 0 aliphatic rings. The van der Waals surface area contributed by atoms with E-state index in [0.717, 1.165) is 15.7 Å². The maximum Gasteiger partial charge on any atom is 0.361 e. The number of fused-ring (bicyclic) bond motifs is 1. The smallest absolute Gasteiger partial charge is 0.327 e. The lowest BCUT2D eigenvalue weighted by Gasteiger charge is -2.07. The summed E-state index contributed by atoms with van der Waals surface area (Å²) in [6.07, 6.45) is 1.45. The van der Waals surface area contributed by atoms with Gasteiger partial charge in [-0.25, -0.2) is 0 Å². The van der Waals surface area contributed by atoms with Crippen LogP contribution in [0.4, 0.5) is 0 Å². The molecule has 3 N–H and O–H groups in total. The monoisotopic (exact) mass is 333 g/mol. The van der Waals surface area contributed by atoms with E-state index in [4.69, 9.17) is 0 Å². The van der Waals surface area contributed by atoms with Crippen LogP contribution in [0.5, 0.6) is 0 Å². The molecule has 5 nitrogen and oxygen atoms in total. The summed E-state index contributed by atoms with van der Waals surface area (Å²) in [5, 5.41) is 1.68. The second-order valence-corrected chi connectivity index (χ2v) is 7.42.